The average Bonchev–Trinajstić information content (AvgIpc) is 2.89. The van der Waals surface area contributed by atoms with Crippen molar-refractivity contribution >= 4 is 33.6 Å². The number of halogens is 2. The topological polar surface area (TPSA) is 84.2 Å². The molecule has 23 heavy (non-hydrogen) atoms. The molecule has 0 aliphatic heterocycles. The predicted octanol–water partition coefficient (Wildman–Crippen LogP) is 2.69. The largest absolute Gasteiger partial charge is 0.480 e. The van der Waals surface area contributed by atoms with E-state index in [2.05, 4.69) is 26.3 Å². The van der Waals surface area contributed by atoms with Crippen LogP contribution in [-0.2, 0) is 22.6 Å². The highest BCUT2D eigenvalue weighted by Crippen LogP contribution is 2.19. The second-order valence-electron chi connectivity index (χ2n) is 5.14. The molecule has 2 N–H and O–H groups in total. The molecular formula is C15H15BrFN3O3. The number of benzene rings is 1. The highest BCUT2D eigenvalue weighted by atomic mass is 79.9. The van der Waals surface area contributed by atoms with Crippen LogP contribution < -0.4 is 5.32 Å². The number of rotatable bonds is 6. The summed E-state index contributed by atoms with van der Waals surface area (Å²) < 4.78 is 14.8. The van der Waals surface area contributed by atoms with E-state index < -0.39 is 5.97 Å². The van der Waals surface area contributed by atoms with Crippen LogP contribution in [0.3, 0.4) is 0 Å². The molecule has 0 bridgehead atoms. The lowest BCUT2D eigenvalue weighted by molar-refractivity contribution is -0.137. The van der Waals surface area contributed by atoms with Crippen molar-refractivity contribution in [1.82, 2.24) is 9.78 Å². The third-order valence-corrected chi connectivity index (χ3v) is 3.77. The quantitative estimate of drug-likeness (QED) is 0.802. The number of hydrogen-bond acceptors (Lipinski definition) is 3. The van der Waals surface area contributed by atoms with Gasteiger partial charge in [-0.2, -0.15) is 5.10 Å². The molecule has 0 saturated carbocycles. The van der Waals surface area contributed by atoms with Crippen LogP contribution in [-0.4, -0.2) is 26.8 Å². The van der Waals surface area contributed by atoms with Gasteiger partial charge in [-0.1, -0.05) is 13.0 Å². The molecule has 1 atom stereocenters. The zero-order chi connectivity index (χ0) is 17.0. The van der Waals surface area contributed by atoms with E-state index in [9.17, 15) is 14.0 Å². The lowest BCUT2D eigenvalue weighted by atomic mass is 10.0. The Balaban J connectivity index is 1.95. The van der Waals surface area contributed by atoms with Crippen molar-refractivity contribution in [2.45, 2.75) is 19.9 Å². The molecule has 122 valence electrons. The summed E-state index contributed by atoms with van der Waals surface area (Å²) in [6.45, 7) is 1.48. The Morgan fingerprint density at radius 1 is 1.43 bits per heavy atom. The summed E-state index contributed by atoms with van der Waals surface area (Å²) in [5, 5.41) is 15.3. The molecule has 2 rings (SSSR count). The van der Waals surface area contributed by atoms with Gasteiger partial charge in [-0.25, -0.2) is 4.39 Å². The number of carbonyl (C=O) groups is 2. The average molecular weight is 384 g/mol. The second-order valence-corrected chi connectivity index (χ2v) is 5.99. The minimum Gasteiger partial charge on any atom is -0.480 e. The number of carboxylic acids is 1. The van der Waals surface area contributed by atoms with E-state index in [1.165, 1.54) is 23.0 Å². The van der Waals surface area contributed by atoms with Crippen LogP contribution in [0.4, 0.5) is 10.2 Å². The van der Waals surface area contributed by atoms with E-state index in [4.69, 9.17) is 5.11 Å². The van der Waals surface area contributed by atoms with Gasteiger partial charge < -0.3 is 10.4 Å². The zero-order valence-corrected chi connectivity index (χ0v) is 13.9. The molecule has 0 spiro atoms. The Hall–Kier alpha value is -2.22. The van der Waals surface area contributed by atoms with Gasteiger partial charge in [0.15, 0.2) is 5.82 Å². The molecule has 8 heteroatoms. The number of anilines is 1. The fourth-order valence-electron chi connectivity index (χ4n) is 2.02. The van der Waals surface area contributed by atoms with E-state index in [1.807, 2.05) is 0 Å². The van der Waals surface area contributed by atoms with Crippen molar-refractivity contribution in [3.63, 3.8) is 0 Å². The maximum Gasteiger partial charge on any atom is 0.325 e. The number of amides is 1. The Morgan fingerprint density at radius 3 is 2.83 bits per heavy atom. The van der Waals surface area contributed by atoms with Crippen LogP contribution in [0, 0.1) is 11.7 Å². The van der Waals surface area contributed by atoms with Crippen LogP contribution >= 0.6 is 15.9 Å². The highest BCUT2D eigenvalue weighted by molar-refractivity contribution is 9.10. The molecule has 6 nitrogen and oxygen atoms in total. The Bertz CT molecular complexity index is 733. The van der Waals surface area contributed by atoms with Gasteiger partial charge in [-0.05, 0) is 40.0 Å². The van der Waals surface area contributed by atoms with Crippen LogP contribution in [0.2, 0.25) is 0 Å². The number of hydrogen-bond donors (Lipinski definition) is 2. The molecule has 1 amide bonds. The first-order valence-electron chi connectivity index (χ1n) is 6.85. The number of aromatic nitrogens is 2. The molecule has 0 saturated heterocycles. The molecule has 1 unspecified atom stereocenters. The normalized spacial score (nSPS) is 12.0. The van der Waals surface area contributed by atoms with Crippen LogP contribution in [0.5, 0.6) is 0 Å². The minimum absolute atomic E-state index is 0.244. The number of nitrogens with zero attached hydrogens (tertiary/aromatic N) is 2. The first kappa shape index (κ1) is 17.1. The number of carboxylic acid groups (broad SMARTS) is 1. The summed E-state index contributed by atoms with van der Waals surface area (Å²) in [5.41, 5.74) is 0.831. The summed E-state index contributed by atoms with van der Waals surface area (Å²) in [5.74, 6) is -1.66. The third kappa shape index (κ3) is 4.88. The number of aliphatic carboxylic acids is 1. The monoisotopic (exact) mass is 383 g/mol. The van der Waals surface area contributed by atoms with Crippen LogP contribution in [0.1, 0.15) is 12.5 Å². The fourth-order valence-corrected chi connectivity index (χ4v) is 2.44. The Kier molecular flexibility index (Phi) is 5.49. The van der Waals surface area contributed by atoms with Crippen molar-refractivity contribution in [2.24, 2.45) is 5.92 Å². The van der Waals surface area contributed by atoms with Crippen LogP contribution in [0.25, 0.3) is 0 Å². The predicted molar refractivity (Wildman–Crippen MR) is 85.5 cm³/mol. The second kappa shape index (κ2) is 7.36. The summed E-state index contributed by atoms with van der Waals surface area (Å²) in [4.78, 5) is 22.7. The zero-order valence-electron chi connectivity index (χ0n) is 12.3. The summed E-state index contributed by atoms with van der Waals surface area (Å²) in [6, 6.07) is 6.14. The van der Waals surface area contributed by atoms with Gasteiger partial charge in [-0.15, -0.1) is 0 Å². The Labute approximate surface area is 140 Å². The smallest absolute Gasteiger partial charge is 0.325 e. The molecule has 2 aromatic rings. The van der Waals surface area contributed by atoms with E-state index >= 15 is 0 Å². The molecule has 1 aromatic carbocycles. The standard InChI is InChI=1S/C15H15BrFN3O3/c1-9(6-10-2-3-12(17)11(16)7-10)15(23)18-13-4-5-20(19-13)8-14(21)22/h2-5,7,9H,6,8H2,1H3,(H,21,22)(H,18,19,23). The highest BCUT2D eigenvalue weighted by Gasteiger charge is 2.16. The lowest BCUT2D eigenvalue weighted by Crippen LogP contribution is -2.22. The molecular weight excluding hydrogens is 369 g/mol. The minimum atomic E-state index is -1.01. The molecule has 0 radical (unpaired) electrons. The number of nitrogens with one attached hydrogen (secondary N) is 1. The van der Waals surface area contributed by atoms with Crippen LogP contribution in [0.15, 0.2) is 34.9 Å². The maximum atomic E-state index is 13.2. The van der Waals surface area contributed by atoms with E-state index in [0.29, 0.717) is 16.7 Å². The molecule has 0 aliphatic carbocycles. The van der Waals surface area contributed by atoms with Gasteiger partial charge in [0.25, 0.3) is 0 Å². The number of carbonyl (C=O) groups excluding carboxylic acids is 1. The molecule has 1 heterocycles. The lowest BCUT2D eigenvalue weighted by Gasteiger charge is -2.11. The first-order valence-corrected chi connectivity index (χ1v) is 7.64. The summed E-state index contributed by atoms with van der Waals surface area (Å²) >= 11 is 3.11. The van der Waals surface area contributed by atoms with Gasteiger partial charge in [0.05, 0.1) is 4.47 Å². The fraction of sp³-hybridized carbons (Fsp3) is 0.267. The molecule has 1 aromatic heterocycles. The van der Waals surface area contributed by atoms with Gasteiger partial charge in [-0.3, -0.25) is 14.3 Å². The summed E-state index contributed by atoms with van der Waals surface area (Å²) in [6.07, 6.45) is 1.92. The van der Waals surface area contributed by atoms with Gasteiger partial charge in [0.2, 0.25) is 5.91 Å². The van der Waals surface area contributed by atoms with Gasteiger partial charge in [0, 0.05) is 18.2 Å². The SMILES string of the molecule is CC(Cc1ccc(F)c(Br)c1)C(=O)Nc1ccn(CC(=O)O)n1. The van der Waals surface area contributed by atoms with Crippen molar-refractivity contribution in [3.8, 4) is 0 Å². The third-order valence-electron chi connectivity index (χ3n) is 3.16. The van der Waals surface area contributed by atoms with E-state index in [-0.39, 0.29) is 24.2 Å². The van der Waals surface area contributed by atoms with E-state index in [0.717, 1.165) is 5.56 Å². The van der Waals surface area contributed by atoms with Crippen molar-refractivity contribution in [1.29, 1.82) is 0 Å². The van der Waals surface area contributed by atoms with Crippen molar-refractivity contribution < 1.29 is 19.1 Å². The van der Waals surface area contributed by atoms with Gasteiger partial charge >= 0.3 is 5.97 Å². The van der Waals surface area contributed by atoms with Crippen molar-refractivity contribution in [2.75, 3.05) is 5.32 Å². The summed E-state index contributed by atoms with van der Waals surface area (Å²) in [7, 11) is 0. The van der Waals surface area contributed by atoms with Crippen molar-refractivity contribution in [3.05, 3.63) is 46.3 Å². The van der Waals surface area contributed by atoms with E-state index in [1.54, 1.807) is 19.1 Å². The molecule has 0 aliphatic rings. The maximum absolute atomic E-state index is 13.2. The molecule has 0 fully saturated rings. The first-order chi connectivity index (χ1) is 10.8. The van der Waals surface area contributed by atoms with Gasteiger partial charge in [0.1, 0.15) is 12.4 Å². The Morgan fingerprint density at radius 2 is 2.17 bits per heavy atom.